The Morgan fingerprint density at radius 2 is 2.45 bits per heavy atom. The molecule has 0 aliphatic rings. The summed E-state index contributed by atoms with van der Waals surface area (Å²) in [7, 11) is 0. The van der Waals surface area contributed by atoms with Crippen molar-refractivity contribution < 1.29 is 9.52 Å². The van der Waals surface area contributed by atoms with E-state index in [1.165, 1.54) is 11.8 Å². The molecule has 0 spiro atoms. The largest absolute Gasteiger partial charge is 0.414 e. The Morgan fingerprint density at radius 3 is 2.91 bits per heavy atom. The zero-order valence-electron chi connectivity index (χ0n) is 6.02. The molecule has 0 aromatic carbocycles. The second-order valence-electron chi connectivity index (χ2n) is 1.90. The average molecular weight is 175 g/mol. The summed E-state index contributed by atoms with van der Waals surface area (Å²) in [5.41, 5.74) is 5.41. The van der Waals surface area contributed by atoms with Crippen LogP contribution in [0.4, 0.5) is 0 Å². The van der Waals surface area contributed by atoms with Gasteiger partial charge in [-0.25, -0.2) is 0 Å². The SMILES string of the molecule is CSc1nnc(C(N)CO)o1. The predicted octanol–water partition coefficient (Wildman–Crippen LogP) is -0.216. The molecule has 1 rings (SSSR count). The number of rotatable bonds is 3. The molecular weight excluding hydrogens is 166 g/mol. The Morgan fingerprint density at radius 1 is 1.73 bits per heavy atom. The van der Waals surface area contributed by atoms with Crippen LogP contribution >= 0.6 is 11.8 Å². The molecule has 1 aromatic heterocycles. The maximum atomic E-state index is 8.61. The fraction of sp³-hybridized carbons (Fsp3) is 0.600. The van der Waals surface area contributed by atoms with Crippen LogP contribution in [0.25, 0.3) is 0 Å². The Bertz CT molecular complexity index is 227. The van der Waals surface area contributed by atoms with E-state index in [4.69, 9.17) is 15.3 Å². The minimum absolute atomic E-state index is 0.185. The lowest BCUT2D eigenvalue weighted by Crippen LogP contribution is -2.14. The zero-order chi connectivity index (χ0) is 8.27. The summed E-state index contributed by atoms with van der Waals surface area (Å²) in [6, 6.07) is -0.566. The maximum absolute atomic E-state index is 8.61. The molecule has 0 amide bonds. The van der Waals surface area contributed by atoms with Crippen molar-refractivity contribution in [2.24, 2.45) is 5.73 Å². The molecule has 3 N–H and O–H groups in total. The number of nitrogens with zero attached hydrogens (tertiary/aromatic N) is 2. The van der Waals surface area contributed by atoms with Crippen molar-refractivity contribution in [3.05, 3.63) is 5.89 Å². The predicted molar refractivity (Wildman–Crippen MR) is 40.1 cm³/mol. The molecule has 0 saturated heterocycles. The van der Waals surface area contributed by atoms with Crippen molar-refractivity contribution >= 4 is 11.8 Å². The van der Waals surface area contributed by atoms with Crippen LogP contribution in [0.2, 0.25) is 0 Å². The van der Waals surface area contributed by atoms with Crippen molar-refractivity contribution in [2.45, 2.75) is 11.3 Å². The molecule has 0 saturated carbocycles. The van der Waals surface area contributed by atoms with Crippen LogP contribution in [0.3, 0.4) is 0 Å². The van der Waals surface area contributed by atoms with Gasteiger partial charge in [-0.1, -0.05) is 11.8 Å². The van der Waals surface area contributed by atoms with E-state index in [2.05, 4.69) is 10.2 Å². The number of hydrogen-bond donors (Lipinski definition) is 2. The van der Waals surface area contributed by atoms with Crippen molar-refractivity contribution in [2.75, 3.05) is 12.9 Å². The minimum atomic E-state index is -0.566. The highest BCUT2D eigenvalue weighted by molar-refractivity contribution is 7.98. The van der Waals surface area contributed by atoms with E-state index in [0.29, 0.717) is 5.22 Å². The average Bonchev–Trinajstić information content (AvgIpc) is 2.50. The fourth-order valence-electron chi connectivity index (χ4n) is 0.531. The van der Waals surface area contributed by atoms with Gasteiger partial charge in [0, 0.05) is 0 Å². The van der Waals surface area contributed by atoms with Gasteiger partial charge in [-0.15, -0.1) is 10.2 Å². The molecule has 0 fully saturated rings. The van der Waals surface area contributed by atoms with E-state index in [0.717, 1.165) is 0 Å². The first kappa shape index (κ1) is 8.51. The van der Waals surface area contributed by atoms with Gasteiger partial charge in [0.05, 0.1) is 6.61 Å². The third-order valence-electron chi connectivity index (χ3n) is 1.11. The number of hydrogen-bond acceptors (Lipinski definition) is 6. The van der Waals surface area contributed by atoms with E-state index in [1.54, 1.807) is 0 Å². The van der Waals surface area contributed by atoms with Gasteiger partial charge in [0.1, 0.15) is 6.04 Å². The summed E-state index contributed by atoms with van der Waals surface area (Å²) < 4.78 is 5.04. The van der Waals surface area contributed by atoms with Gasteiger partial charge >= 0.3 is 0 Å². The van der Waals surface area contributed by atoms with E-state index < -0.39 is 6.04 Å². The van der Waals surface area contributed by atoms with Crippen LogP contribution in [0.1, 0.15) is 11.9 Å². The first-order valence-electron chi connectivity index (χ1n) is 3.01. The molecule has 0 radical (unpaired) electrons. The van der Waals surface area contributed by atoms with Crippen LogP contribution in [0.5, 0.6) is 0 Å². The van der Waals surface area contributed by atoms with Crippen LogP contribution in [-0.2, 0) is 0 Å². The highest BCUT2D eigenvalue weighted by Gasteiger charge is 2.12. The van der Waals surface area contributed by atoms with Crippen LogP contribution in [0.15, 0.2) is 9.64 Å². The third kappa shape index (κ3) is 1.92. The van der Waals surface area contributed by atoms with E-state index >= 15 is 0 Å². The van der Waals surface area contributed by atoms with Gasteiger partial charge in [0.2, 0.25) is 5.89 Å². The van der Waals surface area contributed by atoms with Gasteiger partial charge < -0.3 is 15.3 Å². The van der Waals surface area contributed by atoms with E-state index in [1.807, 2.05) is 6.26 Å². The van der Waals surface area contributed by atoms with Crippen LogP contribution < -0.4 is 5.73 Å². The van der Waals surface area contributed by atoms with Crippen molar-refractivity contribution in [3.63, 3.8) is 0 Å². The molecule has 5 nitrogen and oxygen atoms in total. The molecule has 6 heteroatoms. The molecule has 0 aliphatic heterocycles. The van der Waals surface area contributed by atoms with Gasteiger partial charge in [0.25, 0.3) is 5.22 Å². The number of nitrogens with two attached hydrogens (primary N) is 1. The molecular formula is C5H9N3O2S. The number of aliphatic hydroxyl groups is 1. The van der Waals surface area contributed by atoms with Gasteiger partial charge in [-0.2, -0.15) is 0 Å². The van der Waals surface area contributed by atoms with Crippen molar-refractivity contribution in [1.82, 2.24) is 10.2 Å². The maximum Gasteiger partial charge on any atom is 0.276 e. The Hall–Kier alpha value is -0.590. The standard InChI is InChI=1S/C5H9N3O2S/c1-11-5-8-7-4(10-5)3(6)2-9/h3,9H,2,6H2,1H3. The van der Waals surface area contributed by atoms with Gasteiger partial charge in [-0.3, -0.25) is 0 Å². The van der Waals surface area contributed by atoms with E-state index in [-0.39, 0.29) is 12.5 Å². The quantitative estimate of drug-likeness (QED) is 0.618. The summed E-state index contributed by atoms with van der Waals surface area (Å²) in [5.74, 6) is 0.275. The molecule has 1 unspecified atom stereocenters. The van der Waals surface area contributed by atoms with Gasteiger partial charge in [0.15, 0.2) is 0 Å². The van der Waals surface area contributed by atoms with Crippen LogP contribution in [-0.4, -0.2) is 28.2 Å². The smallest absolute Gasteiger partial charge is 0.276 e. The lowest BCUT2D eigenvalue weighted by Gasteiger charge is -1.98. The number of aliphatic hydroxyl groups excluding tert-OH is 1. The summed E-state index contributed by atoms with van der Waals surface area (Å²) >= 11 is 1.34. The highest BCUT2D eigenvalue weighted by Crippen LogP contribution is 2.14. The molecule has 0 bridgehead atoms. The summed E-state index contributed by atoms with van der Waals surface area (Å²) in [6.07, 6.45) is 1.82. The summed E-state index contributed by atoms with van der Waals surface area (Å²) in [6.45, 7) is -0.185. The number of aromatic nitrogens is 2. The Labute approximate surface area is 68.0 Å². The van der Waals surface area contributed by atoms with E-state index in [9.17, 15) is 0 Å². The monoisotopic (exact) mass is 175 g/mol. The van der Waals surface area contributed by atoms with Gasteiger partial charge in [-0.05, 0) is 6.26 Å². The molecule has 0 aliphatic carbocycles. The Kier molecular flexibility index (Phi) is 2.86. The normalized spacial score (nSPS) is 13.4. The second-order valence-corrected chi connectivity index (χ2v) is 2.66. The summed E-state index contributed by atoms with van der Waals surface area (Å²) in [5, 5.41) is 16.4. The summed E-state index contributed by atoms with van der Waals surface area (Å²) in [4.78, 5) is 0. The lowest BCUT2D eigenvalue weighted by atomic mass is 10.3. The zero-order valence-corrected chi connectivity index (χ0v) is 6.84. The topological polar surface area (TPSA) is 85.2 Å². The fourth-order valence-corrected chi connectivity index (χ4v) is 0.822. The molecule has 1 atom stereocenters. The van der Waals surface area contributed by atoms with Crippen LogP contribution in [0, 0.1) is 0 Å². The molecule has 1 aromatic rings. The highest BCUT2D eigenvalue weighted by atomic mass is 32.2. The van der Waals surface area contributed by atoms with Crippen molar-refractivity contribution in [3.8, 4) is 0 Å². The second kappa shape index (κ2) is 3.70. The number of thioether (sulfide) groups is 1. The first-order chi connectivity index (χ1) is 5.27. The third-order valence-corrected chi connectivity index (χ3v) is 1.62. The minimum Gasteiger partial charge on any atom is -0.414 e. The van der Waals surface area contributed by atoms with Crippen molar-refractivity contribution in [1.29, 1.82) is 0 Å². The molecule has 11 heavy (non-hydrogen) atoms. The first-order valence-corrected chi connectivity index (χ1v) is 4.24. The molecule has 1 heterocycles. The molecule has 62 valence electrons. The lowest BCUT2D eigenvalue weighted by molar-refractivity contribution is 0.242. The Balaban J connectivity index is 2.71.